The van der Waals surface area contributed by atoms with Gasteiger partial charge >= 0.3 is 5.97 Å². The predicted octanol–water partition coefficient (Wildman–Crippen LogP) is 1.27. The molecule has 0 unspecified atom stereocenters. The molecule has 0 aliphatic heterocycles. The molecule has 0 atom stereocenters. The number of nitrogens with one attached hydrogen (secondary N) is 1. The molecule has 19 heavy (non-hydrogen) atoms. The first-order valence-corrected chi connectivity index (χ1v) is 5.92. The van der Waals surface area contributed by atoms with Crippen LogP contribution >= 0.6 is 0 Å². The number of rotatable bonds is 7. The Labute approximate surface area is 110 Å². The van der Waals surface area contributed by atoms with Crippen LogP contribution in [0.3, 0.4) is 0 Å². The lowest BCUT2D eigenvalue weighted by Gasteiger charge is -2.07. The van der Waals surface area contributed by atoms with Gasteiger partial charge in [-0.15, -0.1) is 0 Å². The van der Waals surface area contributed by atoms with Crippen LogP contribution in [0.1, 0.15) is 13.3 Å². The van der Waals surface area contributed by atoms with Crippen molar-refractivity contribution in [1.29, 1.82) is 0 Å². The zero-order valence-electron chi connectivity index (χ0n) is 10.6. The van der Waals surface area contributed by atoms with Gasteiger partial charge < -0.3 is 14.8 Å². The van der Waals surface area contributed by atoms with Crippen LogP contribution in [-0.2, 0) is 14.3 Å². The maximum absolute atomic E-state index is 12.6. The van der Waals surface area contributed by atoms with Gasteiger partial charge in [-0.2, -0.15) is 0 Å². The first-order chi connectivity index (χ1) is 9.11. The van der Waals surface area contributed by atoms with Crippen LogP contribution in [-0.4, -0.2) is 31.6 Å². The van der Waals surface area contributed by atoms with Crippen LogP contribution in [0.2, 0.25) is 0 Å². The predicted molar refractivity (Wildman–Crippen MR) is 66.2 cm³/mol. The van der Waals surface area contributed by atoms with Gasteiger partial charge in [-0.1, -0.05) is 0 Å². The van der Waals surface area contributed by atoms with Gasteiger partial charge in [0, 0.05) is 6.54 Å². The summed E-state index contributed by atoms with van der Waals surface area (Å²) in [5, 5.41) is 2.51. The lowest BCUT2D eigenvalue weighted by atomic mass is 10.3. The Balaban J connectivity index is 2.17. The Kier molecular flexibility index (Phi) is 6.35. The molecule has 104 valence electrons. The molecule has 6 heteroatoms. The van der Waals surface area contributed by atoms with E-state index in [4.69, 9.17) is 9.47 Å². The van der Waals surface area contributed by atoms with E-state index in [-0.39, 0.29) is 37.3 Å². The van der Waals surface area contributed by atoms with Crippen molar-refractivity contribution in [2.45, 2.75) is 13.3 Å². The summed E-state index contributed by atoms with van der Waals surface area (Å²) >= 11 is 0. The van der Waals surface area contributed by atoms with Crippen molar-refractivity contribution in [3.05, 3.63) is 30.1 Å². The topological polar surface area (TPSA) is 64.6 Å². The first kappa shape index (κ1) is 14.9. The normalized spacial score (nSPS) is 9.79. The average Bonchev–Trinajstić information content (AvgIpc) is 2.38. The van der Waals surface area contributed by atoms with Crippen molar-refractivity contribution in [3.63, 3.8) is 0 Å². The van der Waals surface area contributed by atoms with Crippen molar-refractivity contribution in [2.24, 2.45) is 0 Å². The number of halogens is 1. The van der Waals surface area contributed by atoms with E-state index in [1.165, 1.54) is 24.3 Å². The molecule has 1 rings (SSSR count). The van der Waals surface area contributed by atoms with Gasteiger partial charge in [0.1, 0.15) is 11.6 Å². The average molecular weight is 269 g/mol. The Hall–Kier alpha value is -2.11. The number of carbonyl (C=O) groups excluding carboxylic acids is 2. The fourth-order valence-corrected chi connectivity index (χ4v) is 1.27. The molecule has 0 aliphatic rings. The summed E-state index contributed by atoms with van der Waals surface area (Å²) in [6, 6.07) is 5.35. The number of esters is 1. The first-order valence-electron chi connectivity index (χ1n) is 5.92. The van der Waals surface area contributed by atoms with Crippen LogP contribution in [0.15, 0.2) is 24.3 Å². The summed E-state index contributed by atoms with van der Waals surface area (Å²) in [5.74, 6) is -0.677. The number of amides is 1. The Morgan fingerprint density at radius 1 is 1.26 bits per heavy atom. The van der Waals surface area contributed by atoms with Crippen LogP contribution in [0.5, 0.6) is 5.75 Å². The van der Waals surface area contributed by atoms with Crippen LogP contribution < -0.4 is 10.1 Å². The van der Waals surface area contributed by atoms with E-state index in [1.807, 2.05) is 0 Å². The zero-order valence-corrected chi connectivity index (χ0v) is 10.6. The van der Waals surface area contributed by atoms with Crippen molar-refractivity contribution in [1.82, 2.24) is 5.32 Å². The standard InChI is InChI=1S/C13H16FNO4/c1-2-18-13(17)7-8-15-12(16)9-19-11-5-3-10(14)4-6-11/h3-6H,2,7-9H2,1H3,(H,15,16). The minimum atomic E-state index is -0.369. The van der Waals surface area contributed by atoms with E-state index in [1.54, 1.807) is 6.92 Å². The molecular weight excluding hydrogens is 253 g/mol. The number of carbonyl (C=O) groups is 2. The zero-order chi connectivity index (χ0) is 14.1. The molecule has 0 saturated heterocycles. The van der Waals surface area contributed by atoms with Crippen LogP contribution in [0.4, 0.5) is 4.39 Å². The van der Waals surface area contributed by atoms with Gasteiger partial charge in [-0.25, -0.2) is 4.39 Å². The van der Waals surface area contributed by atoms with E-state index >= 15 is 0 Å². The minimum absolute atomic E-state index is 0.121. The molecule has 5 nitrogen and oxygen atoms in total. The number of hydrogen-bond donors (Lipinski definition) is 1. The molecule has 0 aromatic heterocycles. The highest BCUT2D eigenvalue weighted by Gasteiger charge is 2.05. The van der Waals surface area contributed by atoms with E-state index in [2.05, 4.69) is 5.32 Å². The van der Waals surface area contributed by atoms with E-state index < -0.39 is 0 Å². The highest BCUT2D eigenvalue weighted by atomic mass is 19.1. The molecule has 0 radical (unpaired) electrons. The quantitative estimate of drug-likeness (QED) is 0.757. The van der Waals surface area contributed by atoms with Crippen molar-refractivity contribution >= 4 is 11.9 Å². The fourth-order valence-electron chi connectivity index (χ4n) is 1.27. The van der Waals surface area contributed by atoms with E-state index in [9.17, 15) is 14.0 Å². The molecule has 0 saturated carbocycles. The molecule has 0 bridgehead atoms. The number of ether oxygens (including phenoxy) is 2. The molecule has 0 aliphatic carbocycles. The largest absolute Gasteiger partial charge is 0.484 e. The number of hydrogen-bond acceptors (Lipinski definition) is 4. The molecule has 0 fully saturated rings. The fraction of sp³-hybridized carbons (Fsp3) is 0.385. The molecule has 1 aromatic carbocycles. The summed E-state index contributed by atoms with van der Waals surface area (Å²) < 4.78 is 22.5. The van der Waals surface area contributed by atoms with Gasteiger partial charge in [0.05, 0.1) is 13.0 Å². The van der Waals surface area contributed by atoms with Gasteiger partial charge in [0.15, 0.2) is 6.61 Å². The van der Waals surface area contributed by atoms with Crippen molar-refractivity contribution in [3.8, 4) is 5.75 Å². The van der Waals surface area contributed by atoms with Crippen molar-refractivity contribution < 1.29 is 23.5 Å². The van der Waals surface area contributed by atoms with Crippen LogP contribution in [0.25, 0.3) is 0 Å². The molecule has 1 aromatic rings. The minimum Gasteiger partial charge on any atom is -0.484 e. The Morgan fingerprint density at radius 3 is 2.58 bits per heavy atom. The van der Waals surface area contributed by atoms with E-state index in [0.717, 1.165) is 0 Å². The van der Waals surface area contributed by atoms with Crippen molar-refractivity contribution in [2.75, 3.05) is 19.8 Å². The lowest BCUT2D eigenvalue weighted by Crippen LogP contribution is -2.31. The Morgan fingerprint density at radius 2 is 1.95 bits per heavy atom. The molecule has 1 N–H and O–H groups in total. The molecule has 0 heterocycles. The van der Waals surface area contributed by atoms with Gasteiger partial charge in [-0.3, -0.25) is 9.59 Å². The van der Waals surface area contributed by atoms with Gasteiger partial charge in [0.2, 0.25) is 0 Å². The molecule has 1 amide bonds. The van der Waals surface area contributed by atoms with E-state index in [0.29, 0.717) is 12.4 Å². The monoisotopic (exact) mass is 269 g/mol. The summed E-state index contributed by atoms with van der Waals surface area (Å²) in [6.07, 6.45) is 0.121. The highest BCUT2D eigenvalue weighted by molar-refractivity contribution is 5.78. The maximum atomic E-state index is 12.6. The summed E-state index contributed by atoms with van der Waals surface area (Å²) in [5.41, 5.74) is 0. The maximum Gasteiger partial charge on any atom is 0.307 e. The van der Waals surface area contributed by atoms with Gasteiger partial charge in [-0.05, 0) is 31.2 Å². The lowest BCUT2D eigenvalue weighted by molar-refractivity contribution is -0.143. The highest BCUT2D eigenvalue weighted by Crippen LogP contribution is 2.10. The Bertz CT molecular complexity index is 419. The third-order valence-corrected chi connectivity index (χ3v) is 2.14. The molecule has 0 spiro atoms. The van der Waals surface area contributed by atoms with Crippen LogP contribution in [0, 0.1) is 5.82 Å². The summed E-state index contributed by atoms with van der Waals surface area (Å²) in [6.45, 7) is 2.05. The second-order valence-electron chi connectivity index (χ2n) is 3.65. The third kappa shape index (κ3) is 6.40. The smallest absolute Gasteiger partial charge is 0.307 e. The van der Waals surface area contributed by atoms with Gasteiger partial charge in [0.25, 0.3) is 5.91 Å². The molecular formula is C13H16FNO4. The summed E-state index contributed by atoms with van der Waals surface area (Å²) in [4.78, 5) is 22.4. The second-order valence-corrected chi connectivity index (χ2v) is 3.65. The second kappa shape index (κ2) is 8.07. The number of benzene rings is 1. The summed E-state index contributed by atoms with van der Waals surface area (Å²) in [7, 11) is 0. The third-order valence-electron chi connectivity index (χ3n) is 2.14. The SMILES string of the molecule is CCOC(=O)CCNC(=O)COc1ccc(F)cc1.